The SMILES string of the molecule is C[C@@H](CN1CCCC1=O)Nc1ncccc1[N+](=O)[O-]. The molecule has 102 valence electrons. The molecular weight excluding hydrogens is 248 g/mol. The topological polar surface area (TPSA) is 88.4 Å². The summed E-state index contributed by atoms with van der Waals surface area (Å²) in [5.74, 6) is 0.385. The number of aromatic nitrogens is 1. The fourth-order valence-electron chi connectivity index (χ4n) is 2.16. The van der Waals surface area contributed by atoms with Crippen molar-refractivity contribution in [3.8, 4) is 0 Å². The lowest BCUT2D eigenvalue weighted by Gasteiger charge is -2.21. The van der Waals surface area contributed by atoms with Crippen molar-refractivity contribution >= 4 is 17.4 Å². The van der Waals surface area contributed by atoms with Gasteiger partial charge in [0, 0.05) is 37.8 Å². The Morgan fingerprint density at radius 1 is 1.63 bits per heavy atom. The maximum Gasteiger partial charge on any atom is 0.311 e. The number of nitrogens with one attached hydrogen (secondary N) is 1. The Morgan fingerprint density at radius 3 is 3.05 bits per heavy atom. The van der Waals surface area contributed by atoms with Crippen molar-refractivity contribution in [3.63, 3.8) is 0 Å². The van der Waals surface area contributed by atoms with E-state index in [-0.39, 0.29) is 23.5 Å². The van der Waals surface area contributed by atoms with Crippen LogP contribution in [0.3, 0.4) is 0 Å². The van der Waals surface area contributed by atoms with Gasteiger partial charge in [-0.25, -0.2) is 4.98 Å². The van der Waals surface area contributed by atoms with Crippen LogP contribution < -0.4 is 5.32 Å². The van der Waals surface area contributed by atoms with Gasteiger partial charge in [-0.3, -0.25) is 14.9 Å². The molecule has 1 atom stereocenters. The zero-order valence-electron chi connectivity index (χ0n) is 10.7. The molecule has 7 heteroatoms. The Morgan fingerprint density at radius 2 is 2.42 bits per heavy atom. The van der Waals surface area contributed by atoms with Crippen LogP contribution in [0, 0.1) is 10.1 Å². The van der Waals surface area contributed by atoms with Crippen LogP contribution in [0.4, 0.5) is 11.5 Å². The summed E-state index contributed by atoms with van der Waals surface area (Å²) in [6.45, 7) is 3.17. The molecule has 1 aromatic rings. The van der Waals surface area contributed by atoms with Crippen molar-refractivity contribution in [2.45, 2.75) is 25.8 Å². The molecule has 1 aliphatic rings. The third-order valence-corrected chi connectivity index (χ3v) is 3.03. The Bertz CT molecular complexity index is 492. The van der Waals surface area contributed by atoms with Crippen LogP contribution >= 0.6 is 0 Å². The Balaban J connectivity index is 2.00. The first kappa shape index (κ1) is 13.3. The number of likely N-dealkylation sites (tertiary alicyclic amines) is 1. The molecule has 19 heavy (non-hydrogen) atoms. The molecule has 0 radical (unpaired) electrons. The van der Waals surface area contributed by atoms with E-state index in [1.165, 1.54) is 18.3 Å². The van der Waals surface area contributed by atoms with E-state index in [1.54, 1.807) is 4.90 Å². The van der Waals surface area contributed by atoms with Gasteiger partial charge >= 0.3 is 5.69 Å². The summed E-state index contributed by atoms with van der Waals surface area (Å²) >= 11 is 0. The Labute approximate surface area is 110 Å². The molecule has 0 spiro atoms. The van der Waals surface area contributed by atoms with Crippen molar-refractivity contribution in [2.75, 3.05) is 18.4 Å². The maximum absolute atomic E-state index is 11.5. The monoisotopic (exact) mass is 264 g/mol. The van der Waals surface area contributed by atoms with Crippen molar-refractivity contribution in [1.29, 1.82) is 0 Å². The van der Waals surface area contributed by atoms with E-state index in [4.69, 9.17) is 0 Å². The highest BCUT2D eigenvalue weighted by Gasteiger charge is 2.23. The molecule has 1 fully saturated rings. The third-order valence-electron chi connectivity index (χ3n) is 3.03. The molecule has 2 heterocycles. The number of nitrogens with zero attached hydrogens (tertiary/aromatic N) is 3. The lowest BCUT2D eigenvalue weighted by molar-refractivity contribution is -0.384. The standard InChI is InChI=1S/C12H16N4O3/c1-9(8-15-7-3-5-11(15)17)14-12-10(16(18)19)4-2-6-13-12/h2,4,6,9H,3,5,7-8H2,1H3,(H,13,14)/t9-/m0/s1. The summed E-state index contributed by atoms with van der Waals surface area (Å²) in [7, 11) is 0. The average molecular weight is 264 g/mol. The minimum absolute atomic E-state index is 0.0536. The van der Waals surface area contributed by atoms with Gasteiger partial charge in [0.2, 0.25) is 11.7 Å². The van der Waals surface area contributed by atoms with E-state index in [0.717, 1.165) is 13.0 Å². The second-order valence-corrected chi connectivity index (χ2v) is 4.62. The maximum atomic E-state index is 11.5. The van der Waals surface area contributed by atoms with Crippen LogP contribution in [-0.2, 0) is 4.79 Å². The molecule has 0 aliphatic carbocycles. The number of hydrogen-bond donors (Lipinski definition) is 1. The largest absolute Gasteiger partial charge is 0.360 e. The van der Waals surface area contributed by atoms with Crippen molar-refractivity contribution in [2.24, 2.45) is 0 Å². The number of carbonyl (C=O) groups excluding carboxylic acids is 1. The Hall–Kier alpha value is -2.18. The molecule has 1 N–H and O–H groups in total. The number of amides is 1. The zero-order chi connectivity index (χ0) is 13.8. The van der Waals surface area contributed by atoms with Crippen LogP contribution in [0.5, 0.6) is 0 Å². The van der Waals surface area contributed by atoms with Crippen LogP contribution in [0.2, 0.25) is 0 Å². The fourth-order valence-corrected chi connectivity index (χ4v) is 2.16. The summed E-state index contributed by atoms with van der Waals surface area (Å²) in [5.41, 5.74) is -0.0536. The number of pyridine rings is 1. The van der Waals surface area contributed by atoms with Crippen molar-refractivity contribution in [1.82, 2.24) is 9.88 Å². The Kier molecular flexibility index (Phi) is 3.94. The van der Waals surface area contributed by atoms with E-state index >= 15 is 0 Å². The van der Waals surface area contributed by atoms with Gasteiger partial charge in [-0.05, 0) is 19.4 Å². The first-order valence-electron chi connectivity index (χ1n) is 6.21. The molecule has 1 amide bonds. The summed E-state index contributed by atoms with van der Waals surface area (Å²) in [4.78, 5) is 27.7. The lowest BCUT2D eigenvalue weighted by Crippen LogP contribution is -2.35. The number of anilines is 1. The molecule has 1 aromatic heterocycles. The molecule has 1 saturated heterocycles. The van der Waals surface area contributed by atoms with Gasteiger partial charge in [-0.15, -0.1) is 0 Å². The van der Waals surface area contributed by atoms with Crippen LogP contribution in [-0.4, -0.2) is 39.8 Å². The molecule has 0 bridgehead atoms. The third kappa shape index (κ3) is 3.18. The van der Waals surface area contributed by atoms with Gasteiger partial charge in [0.1, 0.15) is 0 Å². The summed E-state index contributed by atoms with van der Waals surface area (Å²) in [6, 6.07) is 2.84. The number of nitro groups is 1. The summed E-state index contributed by atoms with van der Waals surface area (Å²) in [6.07, 6.45) is 2.98. The number of carbonyl (C=O) groups is 1. The minimum atomic E-state index is -0.469. The van der Waals surface area contributed by atoms with Crippen LogP contribution in [0.15, 0.2) is 18.3 Å². The lowest BCUT2D eigenvalue weighted by atomic mass is 10.3. The second-order valence-electron chi connectivity index (χ2n) is 4.62. The molecule has 7 nitrogen and oxygen atoms in total. The number of rotatable bonds is 5. The van der Waals surface area contributed by atoms with Crippen molar-refractivity contribution < 1.29 is 9.72 Å². The van der Waals surface area contributed by atoms with E-state index in [2.05, 4.69) is 10.3 Å². The molecule has 0 aromatic carbocycles. The van der Waals surface area contributed by atoms with Crippen LogP contribution in [0.1, 0.15) is 19.8 Å². The van der Waals surface area contributed by atoms with Gasteiger partial charge in [-0.2, -0.15) is 0 Å². The highest BCUT2D eigenvalue weighted by Crippen LogP contribution is 2.21. The summed E-state index contributed by atoms with van der Waals surface area (Å²) < 4.78 is 0. The smallest absolute Gasteiger partial charge is 0.311 e. The van der Waals surface area contributed by atoms with Gasteiger partial charge in [-0.1, -0.05) is 0 Å². The van der Waals surface area contributed by atoms with E-state index in [1.807, 2.05) is 6.92 Å². The first-order chi connectivity index (χ1) is 9.08. The van der Waals surface area contributed by atoms with E-state index in [9.17, 15) is 14.9 Å². The number of hydrogen-bond acceptors (Lipinski definition) is 5. The quantitative estimate of drug-likeness (QED) is 0.641. The fraction of sp³-hybridized carbons (Fsp3) is 0.500. The van der Waals surface area contributed by atoms with E-state index in [0.29, 0.717) is 13.0 Å². The molecule has 1 aliphatic heterocycles. The first-order valence-corrected chi connectivity index (χ1v) is 6.21. The van der Waals surface area contributed by atoms with Gasteiger partial charge < -0.3 is 10.2 Å². The predicted molar refractivity (Wildman–Crippen MR) is 69.8 cm³/mol. The molecular formula is C12H16N4O3. The minimum Gasteiger partial charge on any atom is -0.360 e. The summed E-state index contributed by atoms with van der Waals surface area (Å²) in [5, 5.41) is 13.9. The predicted octanol–water partition coefficient (Wildman–Crippen LogP) is 1.41. The molecule has 2 rings (SSSR count). The van der Waals surface area contributed by atoms with Crippen molar-refractivity contribution in [3.05, 3.63) is 28.4 Å². The highest BCUT2D eigenvalue weighted by atomic mass is 16.6. The van der Waals surface area contributed by atoms with Gasteiger partial charge in [0.15, 0.2) is 0 Å². The van der Waals surface area contributed by atoms with Crippen LogP contribution in [0.25, 0.3) is 0 Å². The highest BCUT2D eigenvalue weighted by molar-refractivity contribution is 5.78. The molecule has 0 saturated carbocycles. The van der Waals surface area contributed by atoms with Gasteiger partial charge in [0.25, 0.3) is 0 Å². The second kappa shape index (κ2) is 5.64. The molecule has 0 unspecified atom stereocenters. The zero-order valence-corrected chi connectivity index (χ0v) is 10.7. The van der Waals surface area contributed by atoms with Gasteiger partial charge in [0.05, 0.1) is 4.92 Å². The average Bonchev–Trinajstić information content (AvgIpc) is 2.75. The normalized spacial score (nSPS) is 16.5. The van der Waals surface area contributed by atoms with E-state index < -0.39 is 4.92 Å².